The number of nitrogens with one attached hydrogen (secondary N) is 3. The average Bonchev–Trinajstić information content (AvgIpc) is 3.27. The van der Waals surface area contributed by atoms with E-state index in [1.54, 1.807) is 28.4 Å². The zero-order valence-corrected chi connectivity index (χ0v) is 25.5. The fourth-order valence-electron chi connectivity index (χ4n) is 9.35. The second-order valence-electron chi connectivity index (χ2n) is 14.1. The first-order valence-electron chi connectivity index (χ1n) is 15.7. The van der Waals surface area contributed by atoms with Crippen molar-refractivity contribution in [2.45, 2.75) is 98.5 Å². The lowest BCUT2D eigenvalue weighted by atomic mass is 9.47. The molecular weight excluding hydrogens is 577 g/mol. The maximum atomic E-state index is 15.0. The smallest absolute Gasteiger partial charge is 0.258 e. The van der Waals surface area contributed by atoms with E-state index in [1.807, 2.05) is 0 Å². The summed E-state index contributed by atoms with van der Waals surface area (Å²) < 4.78 is 14.7. The fraction of sp³-hybridized carbons (Fsp3) is 0.833. The van der Waals surface area contributed by atoms with Crippen molar-refractivity contribution in [2.24, 2.45) is 29.1 Å². The maximum Gasteiger partial charge on any atom is 0.258 e. The molecule has 4 atom stereocenters. The first-order chi connectivity index (χ1) is 20.1. The van der Waals surface area contributed by atoms with E-state index in [0.29, 0.717) is 43.7 Å². The quantitative estimate of drug-likeness (QED) is 0.382. The Morgan fingerprint density at radius 2 is 1.69 bits per heavy atom. The molecule has 9 nitrogen and oxygen atoms in total. The van der Waals surface area contributed by atoms with E-state index >= 15 is 4.39 Å². The maximum absolute atomic E-state index is 15.0. The second-order valence-corrected chi connectivity index (χ2v) is 17.4. The van der Waals surface area contributed by atoms with E-state index in [1.165, 1.54) is 19.3 Å². The summed E-state index contributed by atoms with van der Waals surface area (Å²) >= 11 is 3.54. The molecule has 4 bridgehead atoms. The zero-order chi connectivity index (χ0) is 29.3. The molecule has 8 aliphatic rings. The highest BCUT2D eigenvalue weighted by Gasteiger charge is 2.61. The van der Waals surface area contributed by atoms with Crippen LogP contribution in [0.1, 0.15) is 70.6 Å². The number of halogens is 1. The van der Waals surface area contributed by atoms with Gasteiger partial charge in [-0.25, -0.2) is 4.39 Å². The topological polar surface area (TPSA) is 131 Å². The summed E-state index contributed by atoms with van der Waals surface area (Å²) in [6.07, 6.45) is 7.74. The molecule has 12 heteroatoms. The number of nitriles is 1. The van der Waals surface area contributed by atoms with Crippen LogP contribution in [-0.2, 0) is 19.2 Å². The first kappa shape index (κ1) is 28.8. The third-order valence-electron chi connectivity index (χ3n) is 11.2. The van der Waals surface area contributed by atoms with E-state index < -0.39 is 41.0 Å². The molecule has 0 unspecified atom stereocenters. The Morgan fingerprint density at radius 3 is 2.24 bits per heavy atom. The number of amides is 4. The highest BCUT2D eigenvalue weighted by molar-refractivity contribution is 8.21. The summed E-state index contributed by atoms with van der Waals surface area (Å²) in [5.41, 5.74) is -2.31. The van der Waals surface area contributed by atoms with Gasteiger partial charge in [-0.15, -0.1) is 23.5 Å². The number of rotatable bonds is 8. The number of hydrogen-bond acceptors (Lipinski definition) is 7. The summed E-state index contributed by atoms with van der Waals surface area (Å²) in [5.74, 6) is 1.66. The molecule has 3 aliphatic heterocycles. The molecule has 1 spiro atoms. The predicted molar refractivity (Wildman–Crippen MR) is 157 cm³/mol. The minimum Gasteiger partial charge on any atom is -0.356 e. The Kier molecular flexibility index (Phi) is 7.23. The van der Waals surface area contributed by atoms with Crippen LogP contribution in [0.2, 0.25) is 0 Å². The number of thioether (sulfide) groups is 2. The van der Waals surface area contributed by atoms with Crippen LogP contribution in [0.25, 0.3) is 0 Å². The predicted octanol–water partition coefficient (Wildman–Crippen LogP) is 2.50. The van der Waals surface area contributed by atoms with Crippen molar-refractivity contribution in [3.8, 4) is 6.07 Å². The minimum atomic E-state index is -1.90. The molecule has 0 radical (unpaired) electrons. The van der Waals surface area contributed by atoms with Crippen LogP contribution in [0.4, 0.5) is 4.39 Å². The molecule has 5 aliphatic carbocycles. The van der Waals surface area contributed by atoms with Crippen molar-refractivity contribution in [1.29, 1.82) is 5.26 Å². The molecule has 0 aromatic heterocycles. The van der Waals surface area contributed by atoms with Gasteiger partial charge in [0.25, 0.3) is 5.91 Å². The van der Waals surface area contributed by atoms with Crippen molar-refractivity contribution in [1.82, 2.24) is 20.9 Å². The van der Waals surface area contributed by atoms with E-state index in [-0.39, 0.29) is 41.1 Å². The molecule has 3 heterocycles. The average molecular weight is 618 g/mol. The fourth-order valence-corrected chi connectivity index (χ4v) is 12.6. The molecule has 8 fully saturated rings. The molecule has 228 valence electrons. The first-order valence-corrected chi connectivity index (χ1v) is 17.6. The molecule has 5 saturated carbocycles. The van der Waals surface area contributed by atoms with Crippen LogP contribution in [0.15, 0.2) is 0 Å². The van der Waals surface area contributed by atoms with Crippen molar-refractivity contribution in [3.05, 3.63) is 0 Å². The molecule has 3 N–H and O–H groups in total. The van der Waals surface area contributed by atoms with Gasteiger partial charge in [0.15, 0.2) is 5.67 Å². The van der Waals surface area contributed by atoms with Crippen LogP contribution < -0.4 is 16.0 Å². The lowest BCUT2D eigenvalue weighted by Gasteiger charge is -2.59. The third kappa shape index (κ3) is 5.10. The van der Waals surface area contributed by atoms with Gasteiger partial charge >= 0.3 is 0 Å². The van der Waals surface area contributed by atoms with Gasteiger partial charge in [0, 0.05) is 42.3 Å². The summed E-state index contributed by atoms with van der Waals surface area (Å²) in [7, 11) is 0. The van der Waals surface area contributed by atoms with Gasteiger partial charge < -0.3 is 20.9 Å². The van der Waals surface area contributed by atoms with Gasteiger partial charge in [0.2, 0.25) is 17.7 Å². The van der Waals surface area contributed by atoms with E-state index in [2.05, 4.69) is 22.0 Å². The number of carbonyl (C=O) groups excluding carboxylic acids is 4. The van der Waals surface area contributed by atoms with Crippen molar-refractivity contribution in [2.75, 3.05) is 24.6 Å². The summed E-state index contributed by atoms with van der Waals surface area (Å²) in [6, 6.07) is -0.351. The van der Waals surface area contributed by atoms with Crippen molar-refractivity contribution in [3.63, 3.8) is 0 Å². The SMILES string of the molecule is N#C[C@H](C[C@@H]1CCNC1=O)NC(=O)[C@@H]1CC2(CN1C(=O)[C@@H](NC(=O)C1(F)CC1)C13CC4CC(CC(C4)C1)C3)SCCS2. The molecule has 42 heavy (non-hydrogen) atoms. The number of alkyl halides is 1. The number of likely N-dealkylation sites (tertiary alicyclic amines) is 1. The number of nitrogens with zero attached hydrogens (tertiary/aromatic N) is 2. The number of hydrogen-bond donors (Lipinski definition) is 3. The summed E-state index contributed by atoms with van der Waals surface area (Å²) in [6.45, 7) is 0.941. The van der Waals surface area contributed by atoms with Crippen LogP contribution in [-0.4, -0.2) is 81.0 Å². The van der Waals surface area contributed by atoms with Gasteiger partial charge in [-0.1, -0.05) is 0 Å². The van der Waals surface area contributed by atoms with Gasteiger partial charge in [-0.05, 0) is 82.0 Å². The highest BCUT2D eigenvalue weighted by Crippen LogP contribution is 2.62. The Bertz CT molecular complexity index is 1180. The Labute approximate surface area is 254 Å². The molecule has 8 rings (SSSR count). The largest absolute Gasteiger partial charge is 0.356 e. The number of carbonyl (C=O) groups is 4. The monoisotopic (exact) mass is 617 g/mol. The third-order valence-corrected chi connectivity index (χ3v) is 14.6. The normalized spacial score (nSPS) is 38.1. The van der Waals surface area contributed by atoms with Crippen molar-refractivity contribution < 1.29 is 23.6 Å². The molecule has 0 aromatic rings. The van der Waals surface area contributed by atoms with Crippen LogP contribution >= 0.6 is 23.5 Å². The Morgan fingerprint density at radius 1 is 1.05 bits per heavy atom. The highest BCUT2D eigenvalue weighted by atomic mass is 32.2. The van der Waals surface area contributed by atoms with Gasteiger partial charge in [0.1, 0.15) is 18.1 Å². The molecular formula is C30H40FN5O4S2. The van der Waals surface area contributed by atoms with Gasteiger partial charge in [0.05, 0.1) is 10.1 Å². The summed E-state index contributed by atoms with van der Waals surface area (Å²) in [4.78, 5) is 55.6. The molecule has 4 amide bonds. The summed E-state index contributed by atoms with van der Waals surface area (Å²) in [5, 5.41) is 18.4. The van der Waals surface area contributed by atoms with E-state index in [0.717, 1.165) is 30.8 Å². The van der Waals surface area contributed by atoms with Crippen molar-refractivity contribution >= 4 is 47.2 Å². The van der Waals surface area contributed by atoms with Crippen LogP contribution in [0.3, 0.4) is 0 Å². The Hall–Kier alpha value is -2.00. The van der Waals surface area contributed by atoms with E-state index in [9.17, 15) is 24.4 Å². The lowest BCUT2D eigenvalue weighted by Crippen LogP contribution is -2.64. The zero-order valence-electron chi connectivity index (χ0n) is 23.9. The van der Waals surface area contributed by atoms with Gasteiger partial charge in [-0.3, -0.25) is 19.2 Å². The minimum absolute atomic E-state index is 0.102. The van der Waals surface area contributed by atoms with Gasteiger partial charge in [-0.2, -0.15) is 5.26 Å². The van der Waals surface area contributed by atoms with Crippen LogP contribution in [0.5, 0.6) is 0 Å². The molecule has 3 saturated heterocycles. The van der Waals surface area contributed by atoms with E-state index in [4.69, 9.17) is 0 Å². The second kappa shape index (κ2) is 10.6. The van der Waals surface area contributed by atoms with Crippen LogP contribution in [0, 0.1) is 40.4 Å². The Balaban J connectivity index is 1.16. The lowest BCUT2D eigenvalue weighted by molar-refractivity contribution is -0.153. The standard InChI is InChI=1S/C30H40FN5O4S2/c31-29(2-3-29)27(40)35-23(28-11-17-7-18(12-28)9-19(8-17)13-28)26(39)36-16-30(41-5-6-42-30)14-22(36)25(38)34-21(15-32)10-20-1-4-33-24(20)37/h17-23H,1-14,16H2,(H,33,37)(H,34,38)(H,35,40)/t17?,18?,19?,20-,21-,22-,23+,28?/m0/s1. The molecule has 0 aromatic carbocycles.